The Bertz CT molecular complexity index is 985. The summed E-state index contributed by atoms with van der Waals surface area (Å²) in [5.41, 5.74) is 7.05. The van der Waals surface area contributed by atoms with Gasteiger partial charge in [0.25, 0.3) is 0 Å². The van der Waals surface area contributed by atoms with E-state index in [0.29, 0.717) is 0 Å². The van der Waals surface area contributed by atoms with Crippen LogP contribution in [0.2, 0.25) is 0 Å². The van der Waals surface area contributed by atoms with Gasteiger partial charge in [0.15, 0.2) is 0 Å². The zero-order chi connectivity index (χ0) is 23.0. The monoisotopic (exact) mass is 458 g/mol. The molecular formula is C26H34O5S. The molecule has 4 N–H and O–H groups in total. The summed E-state index contributed by atoms with van der Waals surface area (Å²) in [5.74, 6) is 4.12. The van der Waals surface area contributed by atoms with Crippen LogP contribution in [0, 0.1) is 6.92 Å². The Morgan fingerprint density at radius 1 is 1.00 bits per heavy atom. The number of ether oxygens (including phenoxy) is 1. The number of hydrogen-bond acceptors (Lipinski definition) is 5. The largest absolute Gasteiger partial charge is 0.394 e. The highest BCUT2D eigenvalue weighted by Crippen LogP contribution is 2.39. The van der Waals surface area contributed by atoms with Crippen molar-refractivity contribution in [2.75, 3.05) is 12.9 Å². The van der Waals surface area contributed by atoms with Crippen LogP contribution < -0.4 is 0 Å². The summed E-state index contributed by atoms with van der Waals surface area (Å²) in [6.45, 7) is 1.63. The van der Waals surface area contributed by atoms with Crippen LogP contribution in [0.1, 0.15) is 52.3 Å². The number of aliphatic hydroxyl groups excluding tert-OH is 4. The van der Waals surface area contributed by atoms with Gasteiger partial charge in [0.2, 0.25) is 0 Å². The van der Waals surface area contributed by atoms with E-state index in [1.165, 1.54) is 27.1 Å². The maximum absolute atomic E-state index is 10.7. The average Bonchev–Trinajstić information content (AvgIpc) is 2.80. The molecule has 0 bridgehead atoms. The Balaban J connectivity index is 1.74. The molecule has 1 heterocycles. The van der Waals surface area contributed by atoms with Crippen molar-refractivity contribution < 1.29 is 25.2 Å². The molecule has 0 aromatic heterocycles. The predicted octanol–water partition coefficient (Wildman–Crippen LogP) is 2.67. The molecule has 1 saturated heterocycles. The summed E-state index contributed by atoms with van der Waals surface area (Å²) in [5, 5.41) is 40.9. The molecule has 5 nitrogen and oxygen atoms in total. The van der Waals surface area contributed by atoms with Gasteiger partial charge in [-0.1, -0.05) is 24.1 Å². The molecule has 4 rings (SSSR count). The maximum atomic E-state index is 10.7. The van der Waals surface area contributed by atoms with Crippen LogP contribution in [0.25, 0.3) is 0 Å². The summed E-state index contributed by atoms with van der Waals surface area (Å²) in [6.07, 6.45) is 1.51. The Morgan fingerprint density at radius 3 is 2.28 bits per heavy atom. The van der Waals surface area contributed by atoms with E-state index in [4.69, 9.17) is 4.74 Å². The minimum Gasteiger partial charge on any atom is -0.394 e. The molecule has 174 valence electrons. The number of hydrogen-bond donors (Lipinski definition) is 4. The van der Waals surface area contributed by atoms with Gasteiger partial charge in [-0.2, -0.15) is 10.5 Å². The predicted molar refractivity (Wildman–Crippen MR) is 129 cm³/mol. The van der Waals surface area contributed by atoms with Crippen molar-refractivity contribution in [1.82, 2.24) is 0 Å². The SMILES string of the molecule is C=S(C)c1ccc(Cc2cc([C@@H]3O[C@H](CO)[C@H](O)C(O)[C@@H]3O)c(C)c3c2CCCC3)cc1. The van der Waals surface area contributed by atoms with Gasteiger partial charge >= 0.3 is 0 Å². The average molecular weight is 459 g/mol. The lowest BCUT2D eigenvalue weighted by Crippen LogP contribution is -2.55. The third-order valence-corrected chi connectivity index (χ3v) is 8.07. The molecule has 1 aliphatic heterocycles. The molecule has 2 aliphatic rings. The summed E-state index contributed by atoms with van der Waals surface area (Å²) in [7, 11) is -0.0195. The van der Waals surface area contributed by atoms with Gasteiger partial charge in [-0.05, 0) is 90.8 Å². The van der Waals surface area contributed by atoms with E-state index in [1.807, 2.05) is 0 Å². The van der Waals surface area contributed by atoms with Crippen LogP contribution in [-0.4, -0.2) is 63.6 Å². The van der Waals surface area contributed by atoms with Crippen LogP contribution in [-0.2, 0) is 24.0 Å². The first-order valence-electron chi connectivity index (χ1n) is 11.3. The van der Waals surface area contributed by atoms with Gasteiger partial charge in [-0.3, -0.25) is 0 Å². The fourth-order valence-electron chi connectivity index (χ4n) is 5.10. The van der Waals surface area contributed by atoms with Crippen LogP contribution in [0.5, 0.6) is 0 Å². The molecule has 1 aliphatic carbocycles. The fraction of sp³-hybridized carbons (Fsp3) is 0.500. The van der Waals surface area contributed by atoms with Crippen molar-refractivity contribution in [3.05, 3.63) is 63.7 Å². The van der Waals surface area contributed by atoms with E-state index in [0.717, 1.165) is 43.2 Å². The van der Waals surface area contributed by atoms with Crippen molar-refractivity contribution in [1.29, 1.82) is 0 Å². The standard InChI is InChI=1S/C26H34O5S/c1-15-19-6-4-5-7-20(19)17(12-16-8-10-18(11-9-16)32(2)3)13-21(15)26-25(30)24(29)23(28)22(14-27)31-26/h8-11,13,22-30H,2,4-7,12,14H2,1,3H3/t22-,23+,24?,25+,26+,32?/m1/s1. The van der Waals surface area contributed by atoms with Crippen molar-refractivity contribution in [2.24, 2.45) is 0 Å². The minimum atomic E-state index is -1.37. The fourth-order valence-corrected chi connectivity index (χ4v) is 5.70. The Kier molecular flexibility index (Phi) is 7.20. The van der Waals surface area contributed by atoms with E-state index < -0.39 is 37.1 Å². The van der Waals surface area contributed by atoms with Crippen LogP contribution >= 0.6 is 10.5 Å². The van der Waals surface area contributed by atoms with Crippen molar-refractivity contribution >= 4 is 16.4 Å². The van der Waals surface area contributed by atoms with E-state index in [-0.39, 0.29) is 10.5 Å². The molecule has 0 amide bonds. The highest BCUT2D eigenvalue weighted by molar-refractivity contribution is 8.13. The van der Waals surface area contributed by atoms with Crippen molar-refractivity contribution in [2.45, 2.75) is 74.4 Å². The van der Waals surface area contributed by atoms with Gasteiger partial charge < -0.3 is 25.2 Å². The van der Waals surface area contributed by atoms with Crippen LogP contribution in [0.3, 0.4) is 0 Å². The van der Waals surface area contributed by atoms with E-state index in [2.05, 4.69) is 49.4 Å². The molecule has 0 radical (unpaired) electrons. The third-order valence-electron chi connectivity index (χ3n) is 6.99. The molecule has 2 aromatic rings. The molecule has 32 heavy (non-hydrogen) atoms. The smallest absolute Gasteiger partial charge is 0.113 e. The second-order valence-corrected chi connectivity index (χ2v) is 10.9. The number of benzene rings is 2. The maximum Gasteiger partial charge on any atom is 0.113 e. The van der Waals surface area contributed by atoms with Crippen LogP contribution in [0.4, 0.5) is 0 Å². The first kappa shape index (κ1) is 23.6. The zero-order valence-electron chi connectivity index (χ0n) is 18.8. The second-order valence-electron chi connectivity index (χ2n) is 9.12. The second kappa shape index (κ2) is 9.75. The van der Waals surface area contributed by atoms with Crippen molar-refractivity contribution in [3.8, 4) is 0 Å². The molecule has 0 spiro atoms. The zero-order valence-corrected chi connectivity index (χ0v) is 19.6. The number of rotatable bonds is 5. The molecule has 6 heteroatoms. The Hall–Kier alpha value is -1.54. The lowest BCUT2D eigenvalue weighted by Gasteiger charge is -2.41. The first-order valence-corrected chi connectivity index (χ1v) is 13.1. The van der Waals surface area contributed by atoms with Gasteiger partial charge in [0.1, 0.15) is 30.5 Å². The van der Waals surface area contributed by atoms with E-state index in [9.17, 15) is 20.4 Å². The lowest BCUT2D eigenvalue weighted by atomic mass is 9.79. The Labute approximate surface area is 192 Å². The molecule has 0 saturated carbocycles. The highest BCUT2D eigenvalue weighted by Gasteiger charge is 2.44. The quantitative estimate of drug-likeness (QED) is 0.518. The summed E-state index contributed by atoms with van der Waals surface area (Å²) in [6, 6.07) is 10.7. The van der Waals surface area contributed by atoms with Gasteiger partial charge in [0, 0.05) is 4.90 Å². The van der Waals surface area contributed by atoms with Gasteiger partial charge in [-0.25, -0.2) is 0 Å². The molecule has 2 aromatic carbocycles. The van der Waals surface area contributed by atoms with E-state index >= 15 is 0 Å². The normalized spacial score (nSPS) is 28.9. The minimum absolute atomic E-state index is 0.0195. The molecule has 2 unspecified atom stereocenters. The van der Waals surface area contributed by atoms with Crippen LogP contribution in [0.15, 0.2) is 35.2 Å². The Morgan fingerprint density at radius 2 is 1.66 bits per heavy atom. The number of fused-ring (bicyclic) bond motifs is 1. The highest BCUT2D eigenvalue weighted by atomic mass is 32.2. The lowest BCUT2D eigenvalue weighted by molar-refractivity contribution is -0.231. The first-order chi connectivity index (χ1) is 15.3. The molecule has 6 atom stereocenters. The summed E-state index contributed by atoms with van der Waals surface area (Å²) in [4.78, 5) is 1.24. The van der Waals surface area contributed by atoms with E-state index in [1.54, 1.807) is 0 Å². The third kappa shape index (κ3) is 4.45. The summed E-state index contributed by atoms with van der Waals surface area (Å²) >= 11 is 0. The molecular weight excluding hydrogens is 424 g/mol. The van der Waals surface area contributed by atoms with Crippen molar-refractivity contribution in [3.63, 3.8) is 0 Å². The topological polar surface area (TPSA) is 90.2 Å². The summed E-state index contributed by atoms with van der Waals surface area (Å²) < 4.78 is 5.92. The van der Waals surface area contributed by atoms with Gasteiger partial charge in [-0.15, -0.1) is 0 Å². The number of aliphatic hydroxyl groups is 4. The van der Waals surface area contributed by atoms with Gasteiger partial charge in [0.05, 0.1) is 6.61 Å². The molecule has 1 fully saturated rings.